The minimum atomic E-state index is -1.44. The van der Waals surface area contributed by atoms with E-state index in [9.17, 15) is 38.4 Å². The van der Waals surface area contributed by atoms with Crippen LogP contribution in [0.15, 0.2) is 25.5 Å². The second-order valence-electron chi connectivity index (χ2n) is 15.0. The van der Waals surface area contributed by atoms with Gasteiger partial charge in [0.15, 0.2) is 23.8 Å². The van der Waals surface area contributed by atoms with Crippen LogP contribution in [0, 0.1) is 0 Å². The molecule has 5 N–H and O–H groups in total. The summed E-state index contributed by atoms with van der Waals surface area (Å²) in [5.41, 5.74) is -0.244. The Hall–Kier alpha value is -5.75. The molecule has 3 heterocycles. The van der Waals surface area contributed by atoms with Crippen LogP contribution in [0.4, 0.5) is 0 Å². The number of oxime groups is 2. The molecule has 0 radical (unpaired) electrons. The lowest BCUT2D eigenvalue weighted by molar-refractivity contribution is -0.165. The average Bonchev–Trinajstić information content (AvgIpc) is 3.93. The fourth-order valence-electron chi connectivity index (χ4n) is 3.52. The molecule has 63 heavy (non-hydrogen) atoms. The first-order valence-electron chi connectivity index (χ1n) is 19.9. The van der Waals surface area contributed by atoms with Crippen LogP contribution in [0.25, 0.3) is 0 Å². The number of nitrogens with zero attached hydrogens (tertiary/aromatic N) is 5. The minimum Gasteiger partial charge on any atom is -0.479 e. The second kappa shape index (κ2) is 33.8. The van der Waals surface area contributed by atoms with Crippen LogP contribution < -0.4 is 16.0 Å². The predicted octanol–water partition coefficient (Wildman–Crippen LogP) is 2.71. The van der Waals surface area contributed by atoms with Gasteiger partial charge >= 0.3 is 41.7 Å². The Morgan fingerprint density at radius 2 is 1.19 bits per heavy atom. The van der Waals surface area contributed by atoms with E-state index in [1.54, 1.807) is 34.6 Å². The summed E-state index contributed by atoms with van der Waals surface area (Å²) in [6, 6.07) is -0.114. The molecule has 0 aromatic carbocycles. The van der Waals surface area contributed by atoms with E-state index in [2.05, 4.69) is 55.9 Å². The van der Waals surface area contributed by atoms with Crippen LogP contribution in [-0.2, 0) is 67.0 Å². The molecule has 0 spiro atoms. The normalized spacial score (nSPS) is 13.5. The summed E-state index contributed by atoms with van der Waals surface area (Å²) in [6.07, 6.45) is 0.587. The largest absolute Gasteiger partial charge is 0.479 e. The Kier molecular flexibility index (Phi) is 33.0. The highest BCUT2D eigenvalue weighted by atomic mass is 16.7. The van der Waals surface area contributed by atoms with Crippen molar-refractivity contribution in [1.29, 1.82) is 0 Å². The highest BCUT2D eigenvalue weighted by Crippen LogP contribution is 2.11. The van der Waals surface area contributed by atoms with Crippen molar-refractivity contribution in [3.63, 3.8) is 0 Å². The molecule has 0 aliphatic carbocycles. The summed E-state index contributed by atoms with van der Waals surface area (Å²) in [5.74, 6) is -5.24. The Morgan fingerprint density at radius 1 is 0.698 bits per heavy atom. The van der Waals surface area contributed by atoms with Crippen LogP contribution in [0.2, 0.25) is 0 Å². The molecule has 360 valence electrons. The van der Waals surface area contributed by atoms with Gasteiger partial charge in [-0.25, -0.2) is 29.0 Å². The summed E-state index contributed by atoms with van der Waals surface area (Å²) < 4.78 is 20.0. The molecule has 0 saturated carbocycles. The SMILES string of the molecule is CC(C)NC(=O)C(=O)O.CC(C)NC(=O)C1=NOC(=O)C1.CC(C)OC(C)(C)C(=O)O.CC(C)OCC1=NCN=N1.CC(C)OCC1=NOC(=O)C1.CCOC(=O)C(=O)NC(C)C. The number of carboxylic acid groups (broad SMARTS) is 2. The summed E-state index contributed by atoms with van der Waals surface area (Å²) >= 11 is 0. The van der Waals surface area contributed by atoms with Crippen molar-refractivity contribution in [1.82, 2.24) is 16.0 Å². The van der Waals surface area contributed by atoms with E-state index in [1.165, 1.54) is 13.8 Å². The Labute approximate surface area is 368 Å². The Balaban J connectivity index is -0.000000687. The number of carbonyl (C=O) groups is 8. The van der Waals surface area contributed by atoms with E-state index in [4.69, 9.17) is 24.4 Å². The third-order valence-corrected chi connectivity index (χ3v) is 6.05. The van der Waals surface area contributed by atoms with Gasteiger partial charge in [0.2, 0.25) is 0 Å². The van der Waals surface area contributed by atoms with Crippen LogP contribution in [0.1, 0.15) is 117 Å². The van der Waals surface area contributed by atoms with Crippen LogP contribution in [0.5, 0.6) is 0 Å². The van der Waals surface area contributed by atoms with Gasteiger partial charge in [0.25, 0.3) is 5.91 Å². The number of hydrogen-bond acceptors (Lipinski definition) is 19. The Bertz CT molecular complexity index is 1600. The number of aliphatic carboxylic acids is 2. The van der Waals surface area contributed by atoms with Gasteiger partial charge in [-0.05, 0) is 104 Å². The highest BCUT2D eigenvalue weighted by molar-refractivity contribution is 6.42. The van der Waals surface area contributed by atoms with Gasteiger partial charge in [-0.15, -0.1) is 5.11 Å². The first-order valence-corrected chi connectivity index (χ1v) is 19.9. The van der Waals surface area contributed by atoms with Crippen molar-refractivity contribution < 1.29 is 77.2 Å². The number of aliphatic imine (C=N–C) groups is 1. The summed E-state index contributed by atoms with van der Waals surface area (Å²) in [6.45, 7) is 28.3. The number of amides is 3. The third kappa shape index (κ3) is 36.6. The first-order chi connectivity index (χ1) is 29.0. The zero-order valence-electron chi connectivity index (χ0n) is 39.1. The van der Waals surface area contributed by atoms with E-state index >= 15 is 0 Å². The summed E-state index contributed by atoms with van der Waals surface area (Å²) in [5, 5.41) is 38.1. The van der Waals surface area contributed by atoms with Gasteiger partial charge in [-0.1, -0.05) is 10.3 Å². The lowest BCUT2D eigenvalue weighted by Crippen LogP contribution is -2.36. The fourth-order valence-corrected chi connectivity index (χ4v) is 3.52. The zero-order chi connectivity index (χ0) is 49.5. The molecule has 0 saturated heterocycles. The number of azo groups is 1. The lowest BCUT2D eigenvalue weighted by Gasteiger charge is -2.22. The number of ether oxygens (including phenoxy) is 4. The number of carboxylic acids is 2. The number of carbonyl (C=O) groups excluding carboxylic acids is 6. The number of nitrogens with one attached hydrogen (secondary N) is 3. The van der Waals surface area contributed by atoms with Crippen LogP contribution >= 0.6 is 0 Å². The molecule has 3 aliphatic heterocycles. The van der Waals surface area contributed by atoms with Crippen molar-refractivity contribution in [3.05, 3.63) is 0 Å². The highest BCUT2D eigenvalue weighted by Gasteiger charge is 2.29. The maximum Gasteiger partial charge on any atom is 0.396 e. The third-order valence-electron chi connectivity index (χ3n) is 6.05. The number of amidine groups is 1. The predicted molar refractivity (Wildman–Crippen MR) is 228 cm³/mol. The number of esters is 1. The van der Waals surface area contributed by atoms with Crippen LogP contribution in [-0.4, -0.2) is 144 Å². The molecule has 3 rings (SSSR count). The maximum atomic E-state index is 11.1. The van der Waals surface area contributed by atoms with E-state index < -0.39 is 41.3 Å². The lowest BCUT2D eigenvalue weighted by atomic mass is 10.1. The monoisotopic (exact) mass is 904 g/mol. The van der Waals surface area contributed by atoms with E-state index in [0.717, 1.165) is 0 Å². The molecular formula is C39H68N8O16. The van der Waals surface area contributed by atoms with Crippen LogP contribution in [0.3, 0.4) is 0 Å². The first kappa shape index (κ1) is 61.5. The molecule has 0 bridgehead atoms. The maximum absolute atomic E-state index is 11.1. The van der Waals surface area contributed by atoms with Gasteiger partial charge in [0.1, 0.15) is 6.61 Å². The fraction of sp³-hybridized carbons (Fsp3) is 0.718. The van der Waals surface area contributed by atoms with E-state index in [0.29, 0.717) is 31.4 Å². The molecule has 0 aromatic rings. The molecule has 0 unspecified atom stereocenters. The van der Waals surface area contributed by atoms with E-state index in [-0.39, 0.29) is 73.5 Å². The van der Waals surface area contributed by atoms with E-state index in [1.807, 2.05) is 55.4 Å². The molecule has 24 heteroatoms. The molecule has 0 fully saturated rings. The molecule has 24 nitrogen and oxygen atoms in total. The van der Waals surface area contributed by atoms with Gasteiger partial charge in [-0.3, -0.25) is 14.4 Å². The minimum absolute atomic E-state index is 0.0292. The van der Waals surface area contributed by atoms with Crippen molar-refractivity contribution >= 4 is 64.8 Å². The number of hydrogen-bond donors (Lipinski definition) is 5. The topological polar surface area (TPSA) is 330 Å². The summed E-state index contributed by atoms with van der Waals surface area (Å²) in [4.78, 5) is 96.6. The van der Waals surface area contributed by atoms with Crippen molar-refractivity contribution in [2.75, 3.05) is 26.5 Å². The van der Waals surface area contributed by atoms with Gasteiger partial charge in [0, 0.05) is 18.1 Å². The number of rotatable bonds is 14. The van der Waals surface area contributed by atoms with Gasteiger partial charge in [-0.2, -0.15) is 5.11 Å². The zero-order valence-corrected chi connectivity index (χ0v) is 39.1. The molecule has 3 aliphatic rings. The van der Waals surface area contributed by atoms with Gasteiger partial charge in [0.05, 0.1) is 50.1 Å². The average molecular weight is 905 g/mol. The summed E-state index contributed by atoms with van der Waals surface area (Å²) in [7, 11) is 0. The molecule has 3 amide bonds. The van der Waals surface area contributed by atoms with Crippen molar-refractivity contribution in [2.45, 2.75) is 159 Å². The standard InChI is InChI=1S/C7H10N2O3.C7H11NO3.C7H13NO3.C7H14O3.C6H11N3O.C5H9NO3/c1-4(2)8-7(11)5-3-6(10)12-9-5;1-5(2)10-4-6-3-7(9)11-8-6;1-4-11-7(10)6(9)8-5(2)3;1-5(2)10-7(3,4)6(8)9;1-5(2)10-3-6-7-4-8-9-6;1-3(2)6-4(7)5(8)9/h4H,3H2,1-2H3,(H,8,11);5H,3-4H2,1-2H3;5H,4H2,1-3H3,(H,8,9);5H,1-4H3,(H,8,9);5H,3-4H2,1-2H3;3H,1-2H3,(H,6,7)(H,8,9). The molecule has 0 aromatic heterocycles. The Morgan fingerprint density at radius 3 is 1.52 bits per heavy atom. The molecule has 0 atom stereocenters. The van der Waals surface area contributed by atoms with Gasteiger partial charge < -0.3 is 54.8 Å². The molecular weight excluding hydrogens is 836 g/mol. The van der Waals surface area contributed by atoms with Crippen molar-refractivity contribution in [2.24, 2.45) is 25.5 Å². The smallest absolute Gasteiger partial charge is 0.396 e. The van der Waals surface area contributed by atoms with Crippen molar-refractivity contribution in [3.8, 4) is 0 Å². The second-order valence-corrected chi connectivity index (χ2v) is 15.0. The quantitative estimate of drug-likeness (QED) is 0.0950.